The van der Waals surface area contributed by atoms with Crippen LogP contribution in [0.15, 0.2) is 42.9 Å². The summed E-state index contributed by atoms with van der Waals surface area (Å²) in [4.78, 5) is 15.4. The Balaban J connectivity index is 1.81. The molecule has 7 nitrogen and oxygen atoms in total. The molecule has 0 aliphatic rings. The molecule has 24 heavy (non-hydrogen) atoms. The predicted molar refractivity (Wildman–Crippen MR) is 89.8 cm³/mol. The van der Waals surface area contributed by atoms with Crippen molar-refractivity contribution in [1.29, 1.82) is 0 Å². The van der Waals surface area contributed by atoms with Crippen LogP contribution in [0.25, 0.3) is 27.3 Å². The van der Waals surface area contributed by atoms with Crippen molar-refractivity contribution in [2.45, 2.75) is 0 Å². The van der Waals surface area contributed by atoms with E-state index < -0.39 is 5.97 Å². The van der Waals surface area contributed by atoms with Gasteiger partial charge in [-0.2, -0.15) is 5.10 Å². The summed E-state index contributed by atoms with van der Waals surface area (Å²) in [7, 11) is 1.86. The Morgan fingerprint density at radius 1 is 1.25 bits per heavy atom. The van der Waals surface area contributed by atoms with Crippen molar-refractivity contribution in [3.8, 4) is 22.0 Å². The number of rotatable bonds is 3. The third kappa shape index (κ3) is 2.24. The number of fused-ring (bicyclic) bond motifs is 1. The Kier molecular flexibility index (Phi) is 3.14. The summed E-state index contributed by atoms with van der Waals surface area (Å²) >= 11 is 1.00. The maximum absolute atomic E-state index is 11.1. The van der Waals surface area contributed by atoms with Gasteiger partial charge in [0.05, 0.1) is 16.7 Å². The van der Waals surface area contributed by atoms with E-state index in [0.717, 1.165) is 33.6 Å². The minimum atomic E-state index is -1.15. The van der Waals surface area contributed by atoms with Gasteiger partial charge in [0.2, 0.25) is 0 Å². The first-order valence-corrected chi connectivity index (χ1v) is 7.88. The number of aromatic carboxylic acids is 1. The molecule has 4 rings (SSSR count). The van der Waals surface area contributed by atoms with Crippen LogP contribution in [0.4, 0.5) is 0 Å². The molecular weight excluding hydrogens is 328 g/mol. The van der Waals surface area contributed by atoms with Gasteiger partial charge in [0, 0.05) is 24.9 Å². The summed E-state index contributed by atoms with van der Waals surface area (Å²) < 4.78 is 3.49. The van der Waals surface area contributed by atoms with E-state index in [-0.39, 0.29) is 10.6 Å². The van der Waals surface area contributed by atoms with E-state index in [2.05, 4.69) is 10.1 Å². The fourth-order valence-corrected chi connectivity index (χ4v) is 3.43. The van der Waals surface area contributed by atoms with Crippen molar-refractivity contribution >= 4 is 28.3 Å². The van der Waals surface area contributed by atoms with Crippen LogP contribution in [0.5, 0.6) is 5.75 Å². The lowest BCUT2D eigenvalue weighted by Crippen LogP contribution is -1.91. The number of thiophene rings is 1. The van der Waals surface area contributed by atoms with Gasteiger partial charge >= 0.3 is 5.97 Å². The van der Waals surface area contributed by atoms with Gasteiger partial charge < -0.3 is 10.2 Å². The van der Waals surface area contributed by atoms with Crippen molar-refractivity contribution in [3.63, 3.8) is 0 Å². The number of hydrogen-bond acceptors (Lipinski definition) is 5. The molecule has 0 unspecified atom stereocenters. The van der Waals surface area contributed by atoms with Gasteiger partial charge in [-0.3, -0.25) is 9.25 Å². The first-order valence-electron chi connectivity index (χ1n) is 7.06. The smallest absolute Gasteiger partial charge is 0.349 e. The van der Waals surface area contributed by atoms with E-state index in [9.17, 15) is 9.90 Å². The highest BCUT2D eigenvalue weighted by atomic mass is 32.1. The second-order valence-electron chi connectivity index (χ2n) is 5.30. The van der Waals surface area contributed by atoms with E-state index in [1.54, 1.807) is 15.6 Å². The maximum atomic E-state index is 11.1. The minimum Gasteiger partial charge on any atom is -0.506 e. The molecule has 0 atom stereocenters. The number of nitrogens with zero attached hydrogens (tertiary/aromatic N) is 4. The maximum Gasteiger partial charge on any atom is 0.349 e. The van der Waals surface area contributed by atoms with Crippen LogP contribution >= 0.6 is 11.3 Å². The van der Waals surface area contributed by atoms with Crippen molar-refractivity contribution in [3.05, 3.63) is 47.7 Å². The molecule has 3 aromatic heterocycles. The van der Waals surface area contributed by atoms with E-state index in [1.807, 2.05) is 37.5 Å². The summed E-state index contributed by atoms with van der Waals surface area (Å²) in [6, 6.07) is 9.13. The zero-order valence-electron chi connectivity index (χ0n) is 12.5. The van der Waals surface area contributed by atoms with Crippen LogP contribution in [0, 0.1) is 0 Å². The molecular formula is C16H12N4O3S. The fraction of sp³-hybridized carbons (Fsp3) is 0.0625. The van der Waals surface area contributed by atoms with Gasteiger partial charge in [-0.1, -0.05) is 6.07 Å². The molecule has 0 aliphatic heterocycles. The lowest BCUT2D eigenvalue weighted by Gasteiger charge is -2.01. The third-order valence-electron chi connectivity index (χ3n) is 3.69. The highest BCUT2D eigenvalue weighted by molar-refractivity contribution is 7.16. The van der Waals surface area contributed by atoms with Crippen molar-refractivity contribution < 1.29 is 15.0 Å². The molecule has 0 amide bonds. The molecule has 0 saturated carbocycles. The Morgan fingerprint density at radius 2 is 2.08 bits per heavy atom. The Morgan fingerprint density at radius 3 is 2.75 bits per heavy atom. The highest BCUT2D eigenvalue weighted by Crippen LogP contribution is 2.33. The number of aromatic nitrogens is 4. The van der Waals surface area contributed by atoms with Crippen LogP contribution in [-0.4, -0.2) is 35.5 Å². The Hall–Kier alpha value is -3.13. The van der Waals surface area contributed by atoms with Crippen molar-refractivity contribution in [2.75, 3.05) is 0 Å². The van der Waals surface area contributed by atoms with Gasteiger partial charge in [-0.05, 0) is 18.2 Å². The second kappa shape index (κ2) is 5.20. The van der Waals surface area contributed by atoms with Crippen LogP contribution in [-0.2, 0) is 7.05 Å². The molecule has 4 aromatic rings. The molecule has 120 valence electrons. The van der Waals surface area contributed by atoms with E-state index >= 15 is 0 Å². The predicted octanol–water partition coefficient (Wildman–Crippen LogP) is 2.89. The zero-order valence-corrected chi connectivity index (χ0v) is 13.4. The standard InChI is InChI=1S/C16H12N4O3S/c1-19-5-4-10(18-19)9-2-3-12-11(6-9)17-8-20(12)14-7-13(21)15(24-14)16(22)23/h2-8,21H,1H3,(H,22,23). The summed E-state index contributed by atoms with van der Waals surface area (Å²) in [6.07, 6.45) is 3.49. The third-order valence-corrected chi connectivity index (χ3v) is 4.80. The van der Waals surface area contributed by atoms with Gasteiger partial charge in [-0.15, -0.1) is 11.3 Å². The van der Waals surface area contributed by atoms with Crippen LogP contribution in [0.1, 0.15) is 9.67 Å². The highest BCUT2D eigenvalue weighted by Gasteiger charge is 2.17. The van der Waals surface area contributed by atoms with Crippen molar-refractivity contribution in [2.24, 2.45) is 7.05 Å². The summed E-state index contributed by atoms with van der Waals surface area (Å²) in [5.74, 6) is -1.39. The van der Waals surface area contributed by atoms with Gasteiger partial charge in [0.25, 0.3) is 0 Å². The number of imidazole rings is 1. The Bertz CT molecular complexity index is 1080. The van der Waals surface area contributed by atoms with Crippen LogP contribution in [0.3, 0.4) is 0 Å². The van der Waals surface area contributed by atoms with E-state index in [1.165, 1.54) is 6.07 Å². The Labute approximate surface area is 140 Å². The first-order chi connectivity index (χ1) is 11.5. The number of carboxylic acid groups (broad SMARTS) is 1. The molecule has 0 fully saturated rings. The molecule has 0 saturated heterocycles. The van der Waals surface area contributed by atoms with Gasteiger partial charge in [0.1, 0.15) is 17.1 Å². The summed E-state index contributed by atoms with van der Waals surface area (Å²) in [6.45, 7) is 0. The molecule has 0 aliphatic carbocycles. The summed E-state index contributed by atoms with van der Waals surface area (Å²) in [5, 5.41) is 23.8. The molecule has 0 spiro atoms. The monoisotopic (exact) mass is 340 g/mol. The molecule has 0 bridgehead atoms. The van der Waals surface area contributed by atoms with Gasteiger partial charge in [0.15, 0.2) is 4.88 Å². The second-order valence-corrected chi connectivity index (χ2v) is 6.33. The zero-order chi connectivity index (χ0) is 16.8. The molecule has 2 N–H and O–H groups in total. The van der Waals surface area contributed by atoms with Gasteiger partial charge in [-0.25, -0.2) is 9.78 Å². The molecule has 1 aromatic carbocycles. The fourth-order valence-electron chi connectivity index (χ4n) is 2.56. The SMILES string of the molecule is Cn1ccc(-c2ccc3c(c2)ncn3-c2cc(O)c(C(=O)O)s2)n1. The lowest BCUT2D eigenvalue weighted by molar-refractivity contribution is 0.0699. The van der Waals surface area contributed by atoms with E-state index in [4.69, 9.17) is 5.11 Å². The first kappa shape index (κ1) is 14.5. The van der Waals surface area contributed by atoms with Crippen LogP contribution in [0.2, 0.25) is 0 Å². The number of aryl methyl sites for hydroxylation is 1. The normalized spacial score (nSPS) is 11.2. The quantitative estimate of drug-likeness (QED) is 0.598. The molecule has 8 heteroatoms. The number of aromatic hydroxyl groups is 1. The number of carboxylic acids is 1. The van der Waals surface area contributed by atoms with Crippen LogP contribution < -0.4 is 0 Å². The topological polar surface area (TPSA) is 93.2 Å². The average molecular weight is 340 g/mol. The van der Waals surface area contributed by atoms with Crippen molar-refractivity contribution in [1.82, 2.24) is 19.3 Å². The largest absolute Gasteiger partial charge is 0.506 e. The minimum absolute atomic E-state index is 0.0862. The average Bonchev–Trinajstić information content (AvgIpc) is 3.24. The summed E-state index contributed by atoms with van der Waals surface area (Å²) in [5.41, 5.74) is 3.40. The number of benzene rings is 1. The molecule has 0 radical (unpaired) electrons. The molecule has 3 heterocycles. The lowest BCUT2D eigenvalue weighted by atomic mass is 10.1. The number of carbonyl (C=O) groups is 1. The number of hydrogen-bond donors (Lipinski definition) is 2. The van der Waals surface area contributed by atoms with E-state index in [0.29, 0.717) is 5.00 Å².